The van der Waals surface area contributed by atoms with E-state index < -0.39 is 5.97 Å². The number of hydrogen-bond acceptors (Lipinski definition) is 7. The van der Waals surface area contributed by atoms with Crippen LogP contribution in [0, 0.1) is 0 Å². The number of pyridine rings is 1. The third kappa shape index (κ3) is 3.96. The molecular weight excluding hydrogens is 374 g/mol. The van der Waals surface area contributed by atoms with Crippen LogP contribution in [0.25, 0.3) is 0 Å². The van der Waals surface area contributed by atoms with Gasteiger partial charge in [-0.15, -0.1) is 0 Å². The second-order valence-corrected chi connectivity index (χ2v) is 6.11. The molecule has 0 spiro atoms. The highest BCUT2D eigenvalue weighted by Crippen LogP contribution is 2.34. The van der Waals surface area contributed by atoms with E-state index in [9.17, 15) is 9.59 Å². The lowest BCUT2D eigenvalue weighted by Gasteiger charge is -2.11. The number of amides is 1. The summed E-state index contributed by atoms with van der Waals surface area (Å²) in [7, 11) is 1.32. The van der Waals surface area contributed by atoms with Crippen LogP contribution in [-0.2, 0) is 4.74 Å². The summed E-state index contributed by atoms with van der Waals surface area (Å²) in [5.74, 6) is 0.374. The Kier molecular flexibility index (Phi) is 4.98. The summed E-state index contributed by atoms with van der Waals surface area (Å²) >= 11 is 0. The van der Waals surface area contributed by atoms with Gasteiger partial charge in [-0.2, -0.15) is 0 Å². The number of hydrogen-bond donors (Lipinski definition) is 2. The summed E-state index contributed by atoms with van der Waals surface area (Å²) in [6.45, 7) is 0.162. The summed E-state index contributed by atoms with van der Waals surface area (Å²) in [6.07, 6.45) is 1.51. The Balaban J connectivity index is 1.52. The van der Waals surface area contributed by atoms with Crippen LogP contribution in [0.2, 0.25) is 0 Å². The lowest BCUT2D eigenvalue weighted by molar-refractivity contribution is 0.0601. The Labute approximate surface area is 166 Å². The molecule has 2 N–H and O–H groups in total. The van der Waals surface area contributed by atoms with Crippen molar-refractivity contribution in [2.75, 3.05) is 24.5 Å². The van der Waals surface area contributed by atoms with Gasteiger partial charge in [-0.05, 0) is 36.4 Å². The van der Waals surface area contributed by atoms with Crippen molar-refractivity contribution < 1.29 is 23.8 Å². The second-order valence-electron chi connectivity index (χ2n) is 6.11. The maximum absolute atomic E-state index is 12.6. The van der Waals surface area contributed by atoms with Crippen molar-refractivity contribution in [3.63, 3.8) is 0 Å². The Morgan fingerprint density at radius 3 is 2.69 bits per heavy atom. The first-order valence-corrected chi connectivity index (χ1v) is 8.75. The van der Waals surface area contributed by atoms with E-state index in [4.69, 9.17) is 14.2 Å². The van der Waals surface area contributed by atoms with Crippen molar-refractivity contribution >= 4 is 28.9 Å². The zero-order valence-corrected chi connectivity index (χ0v) is 15.5. The van der Waals surface area contributed by atoms with E-state index in [0.29, 0.717) is 34.1 Å². The quantitative estimate of drug-likeness (QED) is 0.641. The van der Waals surface area contributed by atoms with E-state index in [2.05, 4.69) is 15.6 Å². The summed E-state index contributed by atoms with van der Waals surface area (Å²) < 4.78 is 15.4. The average Bonchev–Trinajstić information content (AvgIpc) is 3.21. The fraction of sp³-hybridized carbons (Fsp3) is 0.0952. The molecule has 0 saturated heterocycles. The number of anilines is 3. The van der Waals surface area contributed by atoms with E-state index in [-0.39, 0.29) is 18.4 Å². The van der Waals surface area contributed by atoms with Crippen LogP contribution >= 0.6 is 0 Å². The van der Waals surface area contributed by atoms with Gasteiger partial charge in [0.2, 0.25) is 6.79 Å². The number of para-hydroxylation sites is 1. The van der Waals surface area contributed by atoms with Gasteiger partial charge in [0.1, 0.15) is 5.69 Å². The van der Waals surface area contributed by atoms with Gasteiger partial charge in [0.05, 0.1) is 18.4 Å². The Morgan fingerprint density at radius 2 is 1.83 bits per heavy atom. The van der Waals surface area contributed by atoms with Crippen LogP contribution in [0.5, 0.6) is 11.5 Å². The minimum Gasteiger partial charge on any atom is -0.465 e. The molecule has 1 amide bonds. The van der Waals surface area contributed by atoms with Gasteiger partial charge in [0.25, 0.3) is 5.91 Å². The summed E-state index contributed by atoms with van der Waals surface area (Å²) in [6, 6.07) is 15.4. The maximum atomic E-state index is 12.6. The smallest absolute Gasteiger partial charge is 0.339 e. The van der Waals surface area contributed by atoms with Crippen molar-refractivity contribution in [1.82, 2.24) is 4.98 Å². The predicted octanol–water partition coefficient (Wildman–Crippen LogP) is 3.59. The third-order valence-corrected chi connectivity index (χ3v) is 4.23. The van der Waals surface area contributed by atoms with Gasteiger partial charge >= 0.3 is 5.97 Å². The first kappa shape index (κ1) is 18.3. The molecule has 0 fully saturated rings. The number of aromatic nitrogens is 1. The lowest BCUT2D eigenvalue weighted by atomic mass is 10.1. The first-order valence-electron chi connectivity index (χ1n) is 8.75. The monoisotopic (exact) mass is 391 g/mol. The minimum absolute atomic E-state index is 0.162. The minimum atomic E-state index is -0.456. The van der Waals surface area contributed by atoms with Crippen molar-refractivity contribution in [2.24, 2.45) is 0 Å². The van der Waals surface area contributed by atoms with Gasteiger partial charge in [-0.3, -0.25) is 9.78 Å². The zero-order valence-electron chi connectivity index (χ0n) is 15.5. The number of nitrogens with one attached hydrogen (secondary N) is 2. The largest absolute Gasteiger partial charge is 0.465 e. The number of fused-ring (bicyclic) bond motifs is 1. The van der Waals surface area contributed by atoms with Gasteiger partial charge in [0, 0.05) is 23.6 Å². The number of carbonyl (C=O) groups excluding carboxylic acids is 2. The van der Waals surface area contributed by atoms with Gasteiger partial charge in [-0.1, -0.05) is 12.1 Å². The molecule has 0 atom stereocenters. The SMILES string of the molecule is COC(=O)c1ccccc1Nc1ccnc(C(=O)Nc2ccc3c(c2)OCO3)c1. The number of esters is 1. The Morgan fingerprint density at radius 1 is 1.00 bits per heavy atom. The molecule has 0 bridgehead atoms. The van der Waals surface area contributed by atoms with E-state index in [0.717, 1.165) is 0 Å². The number of rotatable bonds is 5. The molecule has 8 heteroatoms. The predicted molar refractivity (Wildman–Crippen MR) is 106 cm³/mol. The number of ether oxygens (including phenoxy) is 3. The summed E-state index contributed by atoms with van der Waals surface area (Å²) in [4.78, 5) is 28.6. The van der Waals surface area contributed by atoms with Crippen molar-refractivity contribution in [3.8, 4) is 11.5 Å². The Bertz CT molecular complexity index is 1080. The molecule has 0 saturated carbocycles. The van der Waals surface area contributed by atoms with Crippen LogP contribution in [0.15, 0.2) is 60.8 Å². The van der Waals surface area contributed by atoms with Crippen LogP contribution < -0.4 is 20.1 Å². The maximum Gasteiger partial charge on any atom is 0.339 e. The van der Waals surface area contributed by atoms with Crippen molar-refractivity contribution in [1.29, 1.82) is 0 Å². The van der Waals surface area contributed by atoms with Crippen molar-refractivity contribution in [3.05, 3.63) is 72.1 Å². The molecule has 2 heterocycles. The molecule has 8 nitrogen and oxygen atoms in total. The first-order chi connectivity index (χ1) is 14.1. The Hall–Kier alpha value is -4.07. The topological polar surface area (TPSA) is 98.8 Å². The van der Waals surface area contributed by atoms with Crippen LogP contribution in [-0.4, -0.2) is 30.8 Å². The van der Waals surface area contributed by atoms with E-state index in [1.165, 1.54) is 13.3 Å². The van der Waals surface area contributed by atoms with Crippen LogP contribution in [0.4, 0.5) is 17.1 Å². The summed E-state index contributed by atoms with van der Waals surface area (Å²) in [5.41, 5.74) is 2.33. The number of carbonyl (C=O) groups is 2. The van der Waals surface area contributed by atoms with E-state index in [1.807, 2.05) is 0 Å². The molecule has 1 aliphatic rings. The van der Waals surface area contributed by atoms with Crippen molar-refractivity contribution in [2.45, 2.75) is 0 Å². The number of methoxy groups -OCH3 is 1. The molecule has 4 rings (SSSR count). The molecule has 1 aromatic heterocycles. The summed E-state index contributed by atoms with van der Waals surface area (Å²) in [5, 5.41) is 5.90. The highest BCUT2D eigenvalue weighted by molar-refractivity contribution is 6.03. The lowest BCUT2D eigenvalue weighted by Crippen LogP contribution is -2.14. The molecule has 3 aromatic rings. The third-order valence-electron chi connectivity index (χ3n) is 4.23. The molecule has 0 aliphatic carbocycles. The molecule has 0 unspecified atom stereocenters. The van der Waals surface area contributed by atoms with Gasteiger partial charge in [-0.25, -0.2) is 4.79 Å². The normalized spacial score (nSPS) is 11.6. The molecule has 0 radical (unpaired) electrons. The molecule has 29 heavy (non-hydrogen) atoms. The van der Waals surface area contributed by atoms with E-state index >= 15 is 0 Å². The van der Waals surface area contributed by atoms with Crippen LogP contribution in [0.3, 0.4) is 0 Å². The zero-order chi connectivity index (χ0) is 20.2. The fourth-order valence-corrected chi connectivity index (χ4v) is 2.84. The average molecular weight is 391 g/mol. The highest BCUT2D eigenvalue weighted by atomic mass is 16.7. The standard InChI is InChI=1S/C21H17N3O5/c1-27-21(26)15-4-2-3-5-16(15)23-14-8-9-22-17(10-14)20(25)24-13-6-7-18-19(11-13)29-12-28-18/h2-11H,12H2,1H3,(H,22,23)(H,24,25). The fourth-order valence-electron chi connectivity index (χ4n) is 2.84. The van der Waals surface area contributed by atoms with Gasteiger partial charge in [0.15, 0.2) is 11.5 Å². The van der Waals surface area contributed by atoms with E-state index in [1.54, 1.807) is 54.6 Å². The molecular formula is C21H17N3O5. The number of benzene rings is 2. The van der Waals surface area contributed by atoms with Gasteiger partial charge < -0.3 is 24.8 Å². The molecule has 1 aliphatic heterocycles. The second kappa shape index (κ2) is 7.89. The highest BCUT2D eigenvalue weighted by Gasteiger charge is 2.16. The molecule has 2 aromatic carbocycles. The number of nitrogens with zero attached hydrogens (tertiary/aromatic N) is 1. The van der Waals surface area contributed by atoms with Crippen LogP contribution in [0.1, 0.15) is 20.8 Å². The molecule has 146 valence electrons.